The van der Waals surface area contributed by atoms with Gasteiger partial charge in [0, 0.05) is 56.2 Å². The Bertz CT molecular complexity index is 1130. The molecule has 3 heterocycles. The van der Waals surface area contributed by atoms with Crippen LogP contribution in [-0.4, -0.2) is 53.1 Å². The summed E-state index contributed by atoms with van der Waals surface area (Å²) in [6, 6.07) is 1.55. The van der Waals surface area contributed by atoms with Gasteiger partial charge in [0.05, 0.1) is 23.3 Å². The van der Waals surface area contributed by atoms with Crippen molar-refractivity contribution in [1.29, 1.82) is 0 Å². The van der Waals surface area contributed by atoms with Crippen LogP contribution in [0.15, 0.2) is 35.2 Å². The lowest BCUT2D eigenvalue weighted by atomic mass is 9.94. The molecule has 1 atom stereocenters. The number of nitrogen functional groups attached to an aromatic ring is 1. The van der Waals surface area contributed by atoms with E-state index >= 15 is 0 Å². The average Bonchev–Trinajstić information content (AvgIpc) is 2.83. The third kappa shape index (κ3) is 6.96. The number of pyridine rings is 2. The summed E-state index contributed by atoms with van der Waals surface area (Å²) in [6.07, 6.45) is 0.302. The number of amidine groups is 1. The Morgan fingerprint density at radius 1 is 1.28 bits per heavy atom. The van der Waals surface area contributed by atoms with Crippen molar-refractivity contribution in [2.45, 2.75) is 52.3 Å². The normalized spacial score (nSPS) is 17.1. The molecule has 1 aliphatic heterocycles. The molecule has 0 spiro atoms. The van der Waals surface area contributed by atoms with Crippen LogP contribution in [0.1, 0.15) is 61.8 Å². The molecule has 1 fully saturated rings. The molecule has 11 heteroatoms. The van der Waals surface area contributed by atoms with Gasteiger partial charge in [-0.1, -0.05) is 25.4 Å². The van der Waals surface area contributed by atoms with Gasteiger partial charge >= 0.3 is 6.18 Å². The van der Waals surface area contributed by atoms with Crippen LogP contribution in [0, 0.1) is 0 Å². The number of nitrogens with zero attached hydrogens (tertiary/aromatic N) is 4. The second-order valence-corrected chi connectivity index (χ2v) is 9.44. The Labute approximate surface area is 214 Å². The SMILES string of the molecule is CCC(C)c1cncc(N=C(N)c2ccnc(N)c2/C(Cl)=C(\C)CC(F)(F)F)c1CN1CCNCC1. The zero-order chi connectivity index (χ0) is 26.5. The van der Waals surface area contributed by atoms with Gasteiger partial charge < -0.3 is 16.8 Å². The van der Waals surface area contributed by atoms with Crippen LogP contribution in [-0.2, 0) is 6.54 Å². The topological polar surface area (TPSA) is 105 Å². The van der Waals surface area contributed by atoms with E-state index in [-0.39, 0.29) is 33.7 Å². The quantitative estimate of drug-likeness (QED) is 0.334. The van der Waals surface area contributed by atoms with E-state index in [1.165, 1.54) is 13.1 Å². The number of aromatic nitrogens is 2. The Morgan fingerprint density at radius 3 is 2.61 bits per heavy atom. The molecule has 0 bridgehead atoms. The number of alkyl halides is 3. The molecular formula is C25H33ClF3N7. The highest BCUT2D eigenvalue weighted by Gasteiger charge is 2.29. The zero-order valence-electron chi connectivity index (χ0n) is 20.8. The Morgan fingerprint density at radius 2 is 1.97 bits per heavy atom. The molecule has 1 aliphatic rings. The summed E-state index contributed by atoms with van der Waals surface area (Å²) in [7, 11) is 0. The third-order valence-electron chi connectivity index (χ3n) is 6.36. The number of halogens is 4. The predicted molar refractivity (Wildman–Crippen MR) is 139 cm³/mol. The van der Waals surface area contributed by atoms with Gasteiger partial charge in [0.1, 0.15) is 11.7 Å². The first-order valence-electron chi connectivity index (χ1n) is 11.9. The van der Waals surface area contributed by atoms with E-state index in [0.717, 1.165) is 43.7 Å². The second-order valence-electron chi connectivity index (χ2n) is 9.06. The zero-order valence-corrected chi connectivity index (χ0v) is 21.5. The first kappa shape index (κ1) is 27.9. The number of hydrogen-bond donors (Lipinski definition) is 3. The fourth-order valence-corrected chi connectivity index (χ4v) is 4.47. The number of allylic oxidation sites excluding steroid dienone is 1. The highest BCUT2D eigenvalue weighted by Crippen LogP contribution is 2.36. The monoisotopic (exact) mass is 523 g/mol. The molecule has 3 rings (SSSR count). The highest BCUT2D eigenvalue weighted by molar-refractivity contribution is 6.50. The molecule has 0 aliphatic carbocycles. The fraction of sp³-hybridized carbons (Fsp3) is 0.480. The Balaban J connectivity index is 2.10. The highest BCUT2D eigenvalue weighted by atomic mass is 35.5. The summed E-state index contributed by atoms with van der Waals surface area (Å²) >= 11 is 6.39. The van der Waals surface area contributed by atoms with Crippen molar-refractivity contribution < 1.29 is 13.2 Å². The number of aliphatic imine (C=N–C) groups is 1. The Hall–Kier alpha value is -2.69. The van der Waals surface area contributed by atoms with Crippen LogP contribution < -0.4 is 16.8 Å². The number of rotatable bonds is 8. The molecule has 5 N–H and O–H groups in total. The van der Waals surface area contributed by atoms with Gasteiger partial charge in [-0.25, -0.2) is 9.98 Å². The summed E-state index contributed by atoms with van der Waals surface area (Å²) < 4.78 is 39.0. The average molecular weight is 524 g/mol. The molecule has 2 aromatic rings. The van der Waals surface area contributed by atoms with Crippen molar-refractivity contribution in [3.05, 3.63) is 52.5 Å². The summed E-state index contributed by atoms with van der Waals surface area (Å²) in [6.45, 7) is 9.89. The van der Waals surface area contributed by atoms with Gasteiger partial charge in [0.2, 0.25) is 0 Å². The lowest BCUT2D eigenvalue weighted by molar-refractivity contribution is -0.126. The van der Waals surface area contributed by atoms with Crippen LogP contribution in [0.3, 0.4) is 0 Å². The molecule has 7 nitrogen and oxygen atoms in total. The molecule has 1 unspecified atom stereocenters. The van der Waals surface area contributed by atoms with Crippen molar-refractivity contribution in [2.75, 3.05) is 31.9 Å². The van der Waals surface area contributed by atoms with Crippen molar-refractivity contribution >= 4 is 34.0 Å². The summed E-state index contributed by atoms with van der Waals surface area (Å²) in [5.41, 5.74) is 15.6. The number of nitrogens with two attached hydrogens (primary N) is 2. The van der Waals surface area contributed by atoms with Crippen LogP contribution in [0.2, 0.25) is 0 Å². The van der Waals surface area contributed by atoms with E-state index in [1.807, 2.05) is 6.20 Å². The van der Waals surface area contributed by atoms with Crippen molar-refractivity contribution in [1.82, 2.24) is 20.2 Å². The van der Waals surface area contributed by atoms with Gasteiger partial charge in [-0.3, -0.25) is 9.88 Å². The van der Waals surface area contributed by atoms with Crippen molar-refractivity contribution in [3.8, 4) is 0 Å². The molecule has 0 radical (unpaired) electrons. The Kier molecular flexibility index (Phi) is 9.32. The van der Waals surface area contributed by atoms with Crippen LogP contribution >= 0.6 is 11.6 Å². The smallest absolute Gasteiger partial charge is 0.383 e. The van der Waals surface area contributed by atoms with Crippen LogP contribution in [0.4, 0.5) is 24.7 Å². The van der Waals surface area contributed by atoms with Crippen molar-refractivity contribution in [3.63, 3.8) is 0 Å². The lowest BCUT2D eigenvalue weighted by Gasteiger charge is -2.29. The second kappa shape index (κ2) is 12.0. The molecule has 36 heavy (non-hydrogen) atoms. The van der Waals surface area contributed by atoms with E-state index < -0.39 is 12.6 Å². The van der Waals surface area contributed by atoms with Gasteiger partial charge in [-0.2, -0.15) is 13.2 Å². The first-order chi connectivity index (χ1) is 17.0. The number of hydrogen-bond acceptors (Lipinski definition) is 6. The first-order valence-corrected chi connectivity index (χ1v) is 12.3. The standard InChI is InChI=1S/C25H33ClF3N7/c1-4-15(2)18-12-33-13-20(19(18)14-36-9-7-32-8-10-36)35-23(30)17-5-6-34-24(31)21(17)22(26)16(3)11-25(27,28)29/h5-6,12-13,15,32H,4,7-11,14H2,1-3H3,(H2,30,35)(H2,31,34)/b22-16-. The van der Waals surface area contributed by atoms with Crippen molar-refractivity contribution in [2.24, 2.45) is 10.7 Å². The minimum atomic E-state index is -4.41. The van der Waals surface area contributed by atoms with Gasteiger partial charge in [0.25, 0.3) is 0 Å². The van der Waals surface area contributed by atoms with Crippen LogP contribution in [0.5, 0.6) is 0 Å². The molecule has 2 aromatic heterocycles. The summed E-state index contributed by atoms with van der Waals surface area (Å²) in [4.78, 5) is 15.5. The van der Waals surface area contributed by atoms with E-state index in [2.05, 4.69) is 34.0 Å². The van der Waals surface area contributed by atoms with E-state index in [1.54, 1.807) is 12.3 Å². The summed E-state index contributed by atoms with van der Waals surface area (Å²) in [5.74, 6) is 0.313. The van der Waals surface area contributed by atoms with E-state index in [9.17, 15) is 13.2 Å². The number of nitrogens with one attached hydrogen (secondary N) is 1. The minimum absolute atomic E-state index is 0.0234. The maximum absolute atomic E-state index is 13.0. The van der Waals surface area contributed by atoms with E-state index in [4.69, 9.17) is 28.1 Å². The largest absolute Gasteiger partial charge is 0.392 e. The minimum Gasteiger partial charge on any atom is -0.383 e. The number of anilines is 1. The summed E-state index contributed by atoms with van der Waals surface area (Å²) in [5, 5.41) is 3.22. The van der Waals surface area contributed by atoms with Crippen LogP contribution in [0.25, 0.3) is 5.03 Å². The molecule has 0 saturated carbocycles. The fourth-order valence-electron chi connectivity index (χ4n) is 4.20. The van der Waals surface area contributed by atoms with E-state index in [0.29, 0.717) is 17.8 Å². The maximum atomic E-state index is 13.0. The molecule has 0 aromatic carbocycles. The van der Waals surface area contributed by atoms with Gasteiger partial charge in [-0.15, -0.1) is 0 Å². The maximum Gasteiger partial charge on any atom is 0.392 e. The predicted octanol–water partition coefficient (Wildman–Crippen LogP) is 4.94. The van der Waals surface area contributed by atoms with Gasteiger partial charge in [0.15, 0.2) is 0 Å². The molecule has 0 amide bonds. The molecular weight excluding hydrogens is 491 g/mol. The lowest BCUT2D eigenvalue weighted by Crippen LogP contribution is -2.43. The third-order valence-corrected chi connectivity index (χ3v) is 6.87. The molecule has 1 saturated heterocycles. The molecule has 196 valence electrons. The van der Waals surface area contributed by atoms with Gasteiger partial charge in [-0.05, 0) is 42.0 Å². The number of piperazine rings is 1.